The molecule has 2 unspecified atom stereocenters. The van der Waals surface area contributed by atoms with Crippen molar-refractivity contribution in [2.24, 2.45) is 5.92 Å². The smallest absolute Gasteiger partial charge is 0.329 e. The molecule has 1 amide bonds. The predicted molar refractivity (Wildman–Crippen MR) is 71.4 cm³/mol. The van der Waals surface area contributed by atoms with E-state index in [0.29, 0.717) is 12.8 Å². The zero-order chi connectivity index (χ0) is 14.8. The van der Waals surface area contributed by atoms with Crippen molar-refractivity contribution in [2.75, 3.05) is 0 Å². The first-order valence-corrected chi connectivity index (χ1v) is 6.63. The van der Waals surface area contributed by atoms with Gasteiger partial charge in [-0.3, -0.25) is 9.78 Å². The van der Waals surface area contributed by atoms with Crippen molar-refractivity contribution >= 4 is 11.9 Å². The second-order valence-electron chi connectivity index (χ2n) is 5.47. The molecule has 0 radical (unpaired) electrons. The highest BCUT2D eigenvalue weighted by atomic mass is 16.4. The number of carboxylic acid groups (broad SMARTS) is 1. The molecule has 1 aliphatic carbocycles. The summed E-state index contributed by atoms with van der Waals surface area (Å²) in [5.74, 6) is -1.41. The van der Waals surface area contributed by atoms with Crippen LogP contribution in [0, 0.1) is 5.92 Å². The Kier molecular flexibility index (Phi) is 3.92. The molecule has 1 saturated carbocycles. The quantitative estimate of drug-likeness (QED) is 0.779. The maximum absolute atomic E-state index is 12.2. The highest BCUT2D eigenvalue weighted by Crippen LogP contribution is 2.32. The number of hydrogen-bond donors (Lipinski definition) is 3. The molecule has 6 nitrogen and oxygen atoms in total. The average molecular weight is 278 g/mol. The first-order valence-electron chi connectivity index (χ1n) is 6.63. The number of aromatic nitrogens is 1. The van der Waals surface area contributed by atoms with Crippen molar-refractivity contribution in [3.05, 3.63) is 24.0 Å². The lowest BCUT2D eigenvalue weighted by atomic mass is 9.76. The molecule has 1 heterocycles. The van der Waals surface area contributed by atoms with E-state index in [1.807, 2.05) is 6.92 Å². The molecule has 6 heteroatoms. The molecule has 0 aromatic carbocycles. The number of rotatable bonds is 3. The summed E-state index contributed by atoms with van der Waals surface area (Å²) in [5.41, 5.74) is -1.07. The van der Waals surface area contributed by atoms with Gasteiger partial charge in [0.1, 0.15) is 11.3 Å². The number of pyridine rings is 1. The van der Waals surface area contributed by atoms with Crippen LogP contribution in [0.2, 0.25) is 0 Å². The summed E-state index contributed by atoms with van der Waals surface area (Å²) in [7, 11) is 0. The van der Waals surface area contributed by atoms with Gasteiger partial charge in [0.15, 0.2) is 0 Å². The summed E-state index contributed by atoms with van der Waals surface area (Å²) < 4.78 is 0. The van der Waals surface area contributed by atoms with E-state index in [-0.39, 0.29) is 17.2 Å². The number of carbonyl (C=O) groups excluding carboxylic acids is 1. The highest BCUT2D eigenvalue weighted by Gasteiger charge is 2.43. The summed E-state index contributed by atoms with van der Waals surface area (Å²) in [6.45, 7) is 1.99. The predicted octanol–water partition coefficient (Wildman–Crippen LogP) is 1.55. The maximum Gasteiger partial charge on any atom is 0.329 e. The topological polar surface area (TPSA) is 99.5 Å². The Bertz CT molecular complexity index is 532. The van der Waals surface area contributed by atoms with Crippen LogP contribution in [0.1, 0.15) is 43.0 Å². The van der Waals surface area contributed by atoms with Gasteiger partial charge < -0.3 is 15.5 Å². The van der Waals surface area contributed by atoms with Gasteiger partial charge in [0.25, 0.3) is 5.91 Å². The number of aliphatic carboxylic acids is 1. The second kappa shape index (κ2) is 5.48. The second-order valence-corrected chi connectivity index (χ2v) is 5.47. The number of amides is 1. The third-order valence-electron chi connectivity index (χ3n) is 3.75. The Labute approximate surface area is 116 Å². The Balaban J connectivity index is 2.20. The van der Waals surface area contributed by atoms with Crippen LogP contribution in [0.15, 0.2) is 18.5 Å². The largest absolute Gasteiger partial charge is 0.506 e. The number of nitrogens with one attached hydrogen (secondary N) is 1. The summed E-state index contributed by atoms with van der Waals surface area (Å²) in [5, 5.41) is 21.4. The minimum atomic E-state index is -1.22. The summed E-state index contributed by atoms with van der Waals surface area (Å²) in [6, 6.07) is 1.27. The van der Waals surface area contributed by atoms with E-state index in [1.165, 1.54) is 18.5 Å². The normalized spacial score (nSPS) is 25.9. The van der Waals surface area contributed by atoms with Gasteiger partial charge in [-0.05, 0) is 24.8 Å². The molecule has 108 valence electrons. The van der Waals surface area contributed by atoms with Gasteiger partial charge >= 0.3 is 5.97 Å². The number of nitrogens with zero attached hydrogens (tertiary/aromatic N) is 1. The van der Waals surface area contributed by atoms with Crippen molar-refractivity contribution < 1.29 is 19.8 Å². The van der Waals surface area contributed by atoms with Crippen molar-refractivity contribution in [1.29, 1.82) is 0 Å². The van der Waals surface area contributed by atoms with Crippen LogP contribution in [0.3, 0.4) is 0 Å². The Morgan fingerprint density at radius 1 is 1.45 bits per heavy atom. The first-order chi connectivity index (χ1) is 9.43. The summed E-state index contributed by atoms with van der Waals surface area (Å²) in [6.07, 6.45) is 5.10. The van der Waals surface area contributed by atoms with E-state index in [1.54, 1.807) is 0 Å². The van der Waals surface area contributed by atoms with Gasteiger partial charge in [-0.25, -0.2) is 4.79 Å². The number of aromatic hydroxyl groups is 1. The lowest BCUT2D eigenvalue weighted by molar-refractivity contribution is -0.146. The molecule has 1 aromatic rings. The Morgan fingerprint density at radius 2 is 2.20 bits per heavy atom. The first kappa shape index (κ1) is 14.3. The third-order valence-corrected chi connectivity index (χ3v) is 3.75. The van der Waals surface area contributed by atoms with Gasteiger partial charge in [-0.1, -0.05) is 19.8 Å². The third kappa shape index (κ3) is 2.89. The van der Waals surface area contributed by atoms with Crippen molar-refractivity contribution in [3.63, 3.8) is 0 Å². The fourth-order valence-corrected chi connectivity index (χ4v) is 2.75. The molecule has 1 aromatic heterocycles. The van der Waals surface area contributed by atoms with Gasteiger partial charge in [0.2, 0.25) is 0 Å². The van der Waals surface area contributed by atoms with Crippen LogP contribution in [0.25, 0.3) is 0 Å². The molecular weight excluding hydrogens is 260 g/mol. The van der Waals surface area contributed by atoms with Crippen LogP contribution in [-0.4, -0.2) is 32.6 Å². The average Bonchev–Trinajstić information content (AvgIpc) is 2.38. The highest BCUT2D eigenvalue weighted by molar-refractivity contribution is 5.97. The fraction of sp³-hybridized carbons (Fsp3) is 0.500. The zero-order valence-electron chi connectivity index (χ0n) is 11.3. The zero-order valence-corrected chi connectivity index (χ0v) is 11.3. The molecule has 0 bridgehead atoms. The standard InChI is InChI=1S/C14H18N2O4/c1-9-3-2-4-14(6-9,13(19)20)16-12(18)10-5-11(17)8-15-7-10/h5,7-9,17H,2-4,6H2,1H3,(H,16,18)(H,19,20). The monoisotopic (exact) mass is 278 g/mol. The fourth-order valence-electron chi connectivity index (χ4n) is 2.75. The van der Waals surface area contributed by atoms with Crippen LogP contribution in [0.5, 0.6) is 5.75 Å². The molecule has 0 saturated heterocycles. The van der Waals surface area contributed by atoms with E-state index in [9.17, 15) is 19.8 Å². The minimum absolute atomic E-state index is 0.126. The lowest BCUT2D eigenvalue weighted by Crippen LogP contribution is -2.56. The molecule has 20 heavy (non-hydrogen) atoms. The van der Waals surface area contributed by atoms with Gasteiger partial charge in [0.05, 0.1) is 11.8 Å². The van der Waals surface area contributed by atoms with Crippen LogP contribution >= 0.6 is 0 Å². The molecule has 3 N–H and O–H groups in total. The van der Waals surface area contributed by atoms with Gasteiger partial charge in [-0.2, -0.15) is 0 Å². The SMILES string of the molecule is CC1CCCC(NC(=O)c2cncc(O)c2)(C(=O)O)C1. The molecule has 1 aliphatic rings. The lowest BCUT2D eigenvalue weighted by Gasteiger charge is -2.37. The van der Waals surface area contributed by atoms with E-state index < -0.39 is 17.4 Å². The summed E-state index contributed by atoms with van der Waals surface area (Å²) >= 11 is 0. The number of hydrogen-bond acceptors (Lipinski definition) is 4. The molecule has 2 atom stereocenters. The maximum atomic E-state index is 12.2. The number of carbonyl (C=O) groups is 2. The van der Waals surface area contributed by atoms with E-state index >= 15 is 0 Å². The molecule has 2 rings (SSSR count). The van der Waals surface area contributed by atoms with Crippen LogP contribution in [-0.2, 0) is 4.79 Å². The van der Waals surface area contributed by atoms with Gasteiger partial charge in [0, 0.05) is 6.20 Å². The minimum Gasteiger partial charge on any atom is -0.506 e. The molecule has 1 fully saturated rings. The van der Waals surface area contributed by atoms with E-state index in [2.05, 4.69) is 10.3 Å². The molecular formula is C14H18N2O4. The van der Waals surface area contributed by atoms with Crippen molar-refractivity contribution in [3.8, 4) is 5.75 Å². The van der Waals surface area contributed by atoms with Crippen LogP contribution in [0.4, 0.5) is 0 Å². The number of carboxylic acids is 1. The van der Waals surface area contributed by atoms with Gasteiger partial charge in [-0.15, -0.1) is 0 Å². The van der Waals surface area contributed by atoms with Crippen molar-refractivity contribution in [1.82, 2.24) is 10.3 Å². The Morgan fingerprint density at radius 3 is 2.80 bits per heavy atom. The van der Waals surface area contributed by atoms with Crippen molar-refractivity contribution in [2.45, 2.75) is 38.1 Å². The summed E-state index contributed by atoms with van der Waals surface area (Å²) in [4.78, 5) is 27.5. The van der Waals surface area contributed by atoms with Crippen LogP contribution < -0.4 is 5.32 Å². The molecule has 0 aliphatic heterocycles. The van der Waals surface area contributed by atoms with E-state index in [4.69, 9.17) is 0 Å². The molecule has 0 spiro atoms. The Hall–Kier alpha value is -2.11. The van der Waals surface area contributed by atoms with E-state index in [0.717, 1.165) is 12.8 Å².